The standard InChI is InChI=1S/C10H15NO2/c1-7(11)10(12)8-5-3-4-6-9(8)13-2/h3-7,10,12H,11H2,1-2H3/t7-,10-/m0/s1. The predicted molar refractivity (Wildman–Crippen MR) is 51.6 cm³/mol. The lowest BCUT2D eigenvalue weighted by Gasteiger charge is -2.17. The molecule has 0 spiro atoms. The summed E-state index contributed by atoms with van der Waals surface area (Å²) in [6.07, 6.45) is -0.670. The van der Waals surface area contributed by atoms with Gasteiger partial charge in [-0.2, -0.15) is 0 Å². The maximum atomic E-state index is 9.70. The van der Waals surface area contributed by atoms with Gasteiger partial charge in [-0.25, -0.2) is 0 Å². The zero-order valence-electron chi connectivity index (χ0n) is 7.90. The van der Waals surface area contributed by atoms with Crippen LogP contribution in [-0.2, 0) is 0 Å². The molecule has 1 aromatic carbocycles. The molecule has 3 N–H and O–H groups in total. The highest BCUT2D eigenvalue weighted by Gasteiger charge is 2.15. The summed E-state index contributed by atoms with van der Waals surface area (Å²) in [4.78, 5) is 0. The van der Waals surface area contributed by atoms with Gasteiger partial charge in [0.15, 0.2) is 0 Å². The van der Waals surface area contributed by atoms with Crippen molar-refractivity contribution in [1.82, 2.24) is 0 Å². The van der Waals surface area contributed by atoms with E-state index in [9.17, 15) is 5.11 Å². The van der Waals surface area contributed by atoms with E-state index < -0.39 is 6.10 Å². The first-order valence-corrected chi connectivity index (χ1v) is 4.23. The number of para-hydroxylation sites is 1. The fourth-order valence-corrected chi connectivity index (χ4v) is 1.19. The molecule has 1 aromatic rings. The van der Waals surface area contributed by atoms with E-state index >= 15 is 0 Å². The van der Waals surface area contributed by atoms with Gasteiger partial charge in [-0.1, -0.05) is 18.2 Å². The quantitative estimate of drug-likeness (QED) is 0.733. The van der Waals surface area contributed by atoms with Crippen molar-refractivity contribution >= 4 is 0 Å². The second kappa shape index (κ2) is 4.25. The molecule has 1 rings (SSSR count). The summed E-state index contributed by atoms with van der Waals surface area (Å²) in [6, 6.07) is 7.03. The van der Waals surface area contributed by atoms with Crippen LogP contribution in [-0.4, -0.2) is 18.3 Å². The summed E-state index contributed by atoms with van der Waals surface area (Å²) >= 11 is 0. The van der Waals surface area contributed by atoms with Crippen molar-refractivity contribution in [3.05, 3.63) is 29.8 Å². The Labute approximate surface area is 78.1 Å². The number of rotatable bonds is 3. The van der Waals surface area contributed by atoms with E-state index in [0.717, 1.165) is 5.56 Å². The highest BCUT2D eigenvalue weighted by molar-refractivity contribution is 5.35. The van der Waals surface area contributed by atoms with Gasteiger partial charge < -0.3 is 15.6 Å². The maximum Gasteiger partial charge on any atom is 0.124 e. The third kappa shape index (κ3) is 2.20. The van der Waals surface area contributed by atoms with E-state index in [2.05, 4.69) is 0 Å². The number of hydrogen-bond acceptors (Lipinski definition) is 3. The Kier molecular flexibility index (Phi) is 3.28. The average Bonchev–Trinajstić information content (AvgIpc) is 2.16. The van der Waals surface area contributed by atoms with Gasteiger partial charge in [-0.05, 0) is 13.0 Å². The molecule has 0 aromatic heterocycles. The van der Waals surface area contributed by atoms with Gasteiger partial charge in [0.25, 0.3) is 0 Å². The number of benzene rings is 1. The zero-order valence-corrected chi connectivity index (χ0v) is 7.90. The van der Waals surface area contributed by atoms with Crippen LogP contribution in [0.2, 0.25) is 0 Å². The van der Waals surface area contributed by atoms with Crippen molar-refractivity contribution in [2.75, 3.05) is 7.11 Å². The SMILES string of the molecule is COc1ccccc1[C@@H](O)[C@H](C)N. The van der Waals surface area contributed by atoms with Crippen LogP contribution in [0.25, 0.3) is 0 Å². The van der Waals surface area contributed by atoms with Gasteiger partial charge in [-0.3, -0.25) is 0 Å². The number of methoxy groups -OCH3 is 1. The number of nitrogens with two attached hydrogens (primary N) is 1. The normalized spacial score (nSPS) is 15.1. The molecule has 0 aliphatic rings. The second-order valence-electron chi connectivity index (χ2n) is 3.05. The van der Waals surface area contributed by atoms with Crippen LogP contribution < -0.4 is 10.5 Å². The van der Waals surface area contributed by atoms with Crippen molar-refractivity contribution in [1.29, 1.82) is 0 Å². The lowest BCUT2D eigenvalue weighted by molar-refractivity contribution is 0.149. The number of aliphatic hydroxyl groups excluding tert-OH is 1. The molecule has 0 saturated carbocycles. The van der Waals surface area contributed by atoms with E-state index in [4.69, 9.17) is 10.5 Å². The smallest absolute Gasteiger partial charge is 0.124 e. The summed E-state index contributed by atoms with van der Waals surface area (Å²) in [5.74, 6) is 0.673. The van der Waals surface area contributed by atoms with E-state index in [0.29, 0.717) is 5.75 Å². The predicted octanol–water partition coefficient (Wildman–Crippen LogP) is 1.08. The fourth-order valence-electron chi connectivity index (χ4n) is 1.19. The van der Waals surface area contributed by atoms with E-state index in [-0.39, 0.29) is 6.04 Å². The summed E-state index contributed by atoms with van der Waals surface area (Å²) < 4.78 is 5.10. The van der Waals surface area contributed by atoms with Gasteiger partial charge in [0.1, 0.15) is 5.75 Å². The largest absolute Gasteiger partial charge is 0.496 e. The Morgan fingerprint density at radius 2 is 2.00 bits per heavy atom. The summed E-state index contributed by atoms with van der Waals surface area (Å²) in [5, 5.41) is 9.70. The highest BCUT2D eigenvalue weighted by atomic mass is 16.5. The number of ether oxygens (including phenoxy) is 1. The summed E-state index contributed by atoms with van der Waals surface area (Å²) in [5.41, 5.74) is 6.32. The minimum Gasteiger partial charge on any atom is -0.496 e. The van der Waals surface area contributed by atoms with Gasteiger partial charge in [-0.15, -0.1) is 0 Å². The molecule has 0 radical (unpaired) electrons. The molecule has 0 bridgehead atoms. The third-order valence-electron chi connectivity index (χ3n) is 1.96. The first-order chi connectivity index (χ1) is 6.16. The second-order valence-corrected chi connectivity index (χ2v) is 3.05. The Bertz CT molecular complexity index is 273. The Balaban J connectivity index is 2.98. The minimum atomic E-state index is -0.670. The number of hydrogen-bond donors (Lipinski definition) is 2. The van der Waals surface area contributed by atoms with Gasteiger partial charge >= 0.3 is 0 Å². The van der Waals surface area contributed by atoms with Crippen molar-refractivity contribution in [2.45, 2.75) is 19.1 Å². The van der Waals surface area contributed by atoms with E-state index in [1.807, 2.05) is 18.2 Å². The fraction of sp³-hybridized carbons (Fsp3) is 0.400. The lowest BCUT2D eigenvalue weighted by Crippen LogP contribution is -2.24. The van der Waals surface area contributed by atoms with Crippen LogP contribution >= 0.6 is 0 Å². The van der Waals surface area contributed by atoms with Crippen LogP contribution in [0, 0.1) is 0 Å². The first kappa shape index (κ1) is 10.0. The average molecular weight is 181 g/mol. The van der Waals surface area contributed by atoms with Crippen LogP contribution in [0.3, 0.4) is 0 Å². The third-order valence-corrected chi connectivity index (χ3v) is 1.96. The van der Waals surface area contributed by atoms with Crippen molar-refractivity contribution < 1.29 is 9.84 Å². The minimum absolute atomic E-state index is 0.295. The molecule has 72 valence electrons. The van der Waals surface area contributed by atoms with Crippen LogP contribution in [0.5, 0.6) is 5.75 Å². The van der Waals surface area contributed by atoms with E-state index in [1.54, 1.807) is 20.1 Å². The monoisotopic (exact) mass is 181 g/mol. The molecule has 0 heterocycles. The molecule has 3 heteroatoms. The highest BCUT2D eigenvalue weighted by Crippen LogP contribution is 2.25. The molecule has 0 fully saturated rings. The Morgan fingerprint density at radius 1 is 1.38 bits per heavy atom. The molecule has 0 aliphatic carbocycles. The summed E-state index contributed by atoms with van der Waals surface area (Å²) in [6.45, 7) is 1.76. The molecule has 0 saturated heterocycles. The van der Waals surface area contributed by atoms with Crippen molar-refractivity contribution in [3.63, 3.8) is 0 Å². The van der Waals surface area contributed by atoms with Gasteiger partial charge in [0.05, 0.1) is 13.2 Å². The van der Waals surface area contributed by atoms with Crippen molar-refractivity contribution in [2.24, 2.45) is 5.73 Å². The Morgan fingerprint density at radius 3 is 2.54 bits per heavy atom. The van der Waals surface area contributed by atoms with Crippen molar-refractivity contribution in [3.8, 4) is 5.75 Å². The molecular weight excluding hydrogens is 166 g/mol. The molecule has 3 nitrogen and oxygen atoms in total. The lowest BCUT2D eigenvalue weighted by atomic mass is 10.0. The molecule has 0 unspecified atom stereocenters. The molecule has 2 atom stereocenters. The Hall–Kier alpha value is -1.06. The molecule has 0 amide bonds. The van der Waals surface area contributed by atoms with Gasteiger partial charge in [0, 0.05) is 11.6 Å². The molecule has 13 heavy (non-hydrogen) atoms. The van der Waals surface area contributed by atoms with Crippen LogP contribution in [0.15, 0.2) is 24.3 Å². The number of aliphatic hydroxyl groups is 1. The zero-order chi connectivity index (χ0) is 9.84. The molecular formula is C10H15NO2. The first-order valence-electron chi connectivity index (χ1n) is 4.23. The van der Waals surface area contributed by atoms with Crippen LogP contribution in [0.1, 0.15) is 18.6 Å². The van der Waals surface area contributed by atoms with E-state index in [1.165, 1.54) is 0 Å². The van der Waals surface area contributed by atoms with Crippen LogP contribution in [0.4, 0.5) is 0 Å². The topological polar surface area (TPSA) is 55.5 Å². The summed E-state index contributed by atoms with van der Waals surface area (Å²) in [7, 11) is 1.58. The van der Waals surface area contributed by atoms with Gasteiger partial charge in [0.2, 0.25) is 0 Å². The molecule has 0 aliphatic heterocycles. The maximum absolute atomic E-state index is 9.70.